The van der Waals surface area contributed by atoms with Crippen molar-refractivity contribution in [1.29, 1.82) is 0 Å². The molecule has 0 saturated carbocycles. The lowest BCUT2D eigenvalue weighted by Gasteiger charge is -2.26. The zero-order chi connectivity index (χ0) is 69.7. The maximum absolute atomic E-state index is 13.0. The second-order valence-electron chi connectivity index (χ2n) is 30.8. The summed E-state index contributed by atoms with van der Waals surface area (Å²) in [5, 5.41) is 11.9. The number of carboxylic acid groups (broad SMARTS) is 1. The van der Waals surface area contributed by atoms with E-state index >= 15 is 0 Å². The fourth-order valence-corrected chi connectivity index (χ4v) is 13.4. The van der Waals surface area contributed by atoms with Crippen LogP contribution in [0.15, 0.2) is 24.3 Å². The van der Waals surface area contributed by atoms with Crippen LogP contribution in [0.3, 0.4) is 0 Å². The van der Waals surface area contributed by atoms with Crippen LogP contribution in [0.2, 0.25) is 0 Å². The largest absolute Gasteiger partial charge is 0.545 e. The number of carbonyl (C=O) groups is 3. The number of allylic oxidation sites excluding steroid dienone is 4. The number of unbranched alkanes of at least 4 members (excludes halogenated alkanes) is 63. The van der Waals surface area contributed by atoms with E-state index in [9.17, 15) is 19.5 Å². The van der Waals surface area contributed by atoms with E-state index in [1.165, 1.54) is 385 Å². The van der Waals surface area contributed by atoms with Crippen LogP contribution >= 0.6 is 0 Å². The molecule has 0 aromatic carbocycles. The van der Waals surface area contributed by atoms with Gasteiger partial charge in [-0.2, -0.15) is 0 Å². The number of carbonyl (C=O) groups excluding carboxylic acids is 3. The van der Waals surface area contributed by atoms with Crippen LogP contribution in [-0.2, 0) is 33.3 Å². The first-order chi connectivity index (χ1) is 47.1. The number of hydrogen-bond donors (Lipinski definition) is 0. The predicted octanol–water partition coefficient (Wildman–Crippen LogP) is 26.3. The predicted molar refractivity (Wildman–Crippen MR) is 413 cm³/mol. The number of aliphatic carboxylic acids is 1. The fraction of sp³-hybridized carbons (Fsp3) is 0.920. The summed E-state index contributed by atoms with van der Waals surface area (Å²) in [7, 11) is 5.96. The maximum atomic E-state index is 13.0. The molecule has 9 heteroatoms. The fourth-order valence-electron chi connectivity index (χ4n) is 13.4. The van der Waals surface area contributed by atoms with Crippen molar-refractivity contribution < 1.29 is 42.9 Å². The Morgan fingerprint density at radius 3 is 0.823 bits per heavy atom. The third kappa shape index (κ3) is 79.1. The van der Waals surface area contributed by atoms with Crippen LogP contribution in [0.4, 0.5) is 0 Å². The van der Waals surface area contributed by atoms with Crippen molar-refractivity contribution in [3.63, 3.8) is 0 Å². The molecule has 0 bridgehead atoms. The van der Waals surface area contributed by atoms with Crippen LogP contribution in [0, 0.1) is 0 Å². The first-order valence-corrected chi connectivity index (χ1v) is 43.0. The monoisotopic (exact) mass is 1350 g/mol. The number of likely N-dealkylation sites (N-methyl/N-ethyl adjacent to an activating group) is 1. The molecule has 0 N–H and O–H groups in total. The highest BCUT2D eigenvalue weighted by Crippen LogP contribution is 2.21. The number of ether oxygens (including phenoxy) is 4. The van der Waals surface area contributed by atoms with Crippen LogP contribution in [0.25, 0.3) is 0 Å². The Kier molecular flexibility index (Phi) is 76.7. The minimum atomic E-state index is -1.62. The van der Waals surface area contributed by atoms with Gasteiger partial charge in [0.2, 0.25) is 0 Å². The Morgan fingerprint density at radius 2 is 0.562 bits per heavy atom. The average Bonchev–Trinajstić information content (AvgIpc) is 2.59. The molecule has 0 amide bonds. The molecule has 0 rings (SSSR count). The molecule has 96 heavy (non-hydrogen) atoms. The zero-order valence-electron chi connectivity index (χ0n) is 65.3. The number of esters is 2. The Morgan fingerprint density at radius 1 is 0.312 bits per heavy atom. The molecule has 0 radical (unpaired) electrons. The first-order valence-electron chi connectivity index (χ1n) is 43.0. The highest BCUT2D eigenvalue weighted by atomic mass is 16.7. The van der Waals surface area contributed by atoms with Crippen LogP contribution in [0.1, 0.15) is 457 Å². The minimum Gasteiger partial charge on any atom is -0.545 e. The number of quaternary nitrogens is 1. The molecule has 0 aliphatic carbocycles. The summed E-state index contributed by atoms with van der Waals surface area (Å²) in [5.74, 6) is -2.24. The van der Waals surface area contributed by atoms with Gasteiger partial charge >= 0.3 is 11.9 Å². The van der Waals surface area contributed by atoms with Crippen molar-refractivity contribution in [2.75, 3.05) is 47.5 Å². The molecule has 0 aliphatic rings. The molecule has 0 heterocycles. The molecule has 2 atom stereocenters. The van der Waals surface area contributed by atoms with Crippen molar-refractivity contribution in [1.82, 2.24) is 0 Å². The number of hydrogen-bond acceptors (Lipinski definition) is 8. The maximum Gasteiger partial charge on any atom is 0.306 e. The summed E-state index contributed by atoms with van der Waals surface area (Å²) in [4.78, 5) is 37.6. The lowest BCUT2D eigenvalue weighted by Crippen LogP contribution is -2.44. The van der Waals surface area contributed by atoms with E-state index < -0.39 is 24.3 Å². The van der Waals surface area contributed by atoms with Crippen molar-refractivity contribution in [2.24, 2.45) is 0 Å². The normalized spacial score (nSPS) is 12.6. The molecule has 0 aromatic rings. The van der Waals surface area contributed by atoms with Crippen LogP contribution < -0.4 is 5.11 Å². The molecule has 2 unspecified atom stereocenters. The first kappa shape index (κ1) is 93.8. The lowest BCUT2D eigenvalue weighted by atomic mass is 10.0. The van der Waals surface area contributed by atoms with E-state index in [1.54, 1.807) is 0 Å². The number of nitrogens with zero attached hydrogens (tertiary/aromatic N) is 1. The molecule has 9 nitrogen and oxygen atoms in total. The summed E-state index contributed by atoms with van der Waals surface area (Å²) < 4.78 is 22.9. The topological polar surface area (TPSA) is 111 Å². The van der Waals surface area contributed by atoms with Crippen molar-refractivity contribution in [3.05, 3.63) is 24.3 Å². The van der Waals surface area contributed by atoms with Crippen molar-refractivity contribution >= 4 is 17.9 Å². The van der Waals surface area contributed by atoms with E-state index in [1.807, 2.05) is 21.1 Å². The van der Waals surface area contributed by atoms with E-state index in [0.717, 1.165) is 44.9 Å². The Hall–Kier alpha value is -2.23. The summed E-state index contributed by atoms with van der Waals surface area (Å²) in [5.41, 5.74) is 0. The van der Waals surface area contributed by atoms with Crippen LogP contribution in [0.5, 0.6) is 0 Å². The second kappa shape index (κ2) is 78.5. The van der Waals surface area contributed by atoms with Gasteiger partial charge in [-0.3, -0.25) is 9.59 Å². The van der Waals surface area contributed by atoms with Gasteiger partial charge in [0.1, 0.15) is 13.2 Å². The summed E-state index contributed by atoms with van der Waals surface area (Å²) in [6.07, 6.45) is 97.7. The third-order valence-electron chi connectivity index (χ3n) is 20.0. The Balaban J connectivity index is 3.90. The molecule has 0 fully saturated rings. The molecule has 0 aliphatic heterocycles. The summed E-state index contributed by atoms with van der Waals surface area (Å²) >= 11 is 0. The van der Waals surface area contributed by atoms with E-state index in [0.29, 0.717) is 17.4 Å². The number of carboxylic acids is 1. The quantitative estimate of drug-likeness (QED) is 0.0195. The third-order valence-corrected chi connectivity index (χ3v) is 20.0. The molecule has 0 aromatic heterocycles. The van der Waals surface area contributed by atoms with Gasteiger partial charge in [-0.05, 0) is 44.9 Å². The van der Waals surface area contributed by atoms with E-state index in [4.69, 9.17) is 18.9 Å². The molecular weight excluding hydrogens is 1190 g/mol. The van der Waals surface area contributed by atoms with Gasteiger partial charge in [0, 0.05) is 12.8 Å². The highest BCUT2D eigenvalue weighted by molar-refractivity contribution is 5.70. The lowest BCUT2D eigenvalue weighted by molar-refractivity contribution is -0.870. The second-order valence-corrected chi connectivity index (χ2v) is 30.8. The molecule has 568 valence electrons. The minimum absolute atomic E-state index is 0.152. The Bertz CT molecular complexity index is 1630. The highest BCUT2D eigenvalue weighted by Gasteiger charge is 2.22. The standard InChI is InChI=1S/C87H167NO8/c1-6-8-10-12-14-16-18-20-22-24-26-28-30-32-34-36-38-39-40-41-42-43-44-45-46-48-49-51-53-55-57-59-61-63-65-67-69-71-73-75-77-84(89)94-81-83(82-95-87(86(91)92)93-80-79-88(3,4)5)96-85(90)78-76-74-72-70-68-66-64-62-60-58-56-54-52-50-47-37-35-33-31-29-27-25-23-21-19-17-15-13-11-9-7-2/h19,21,25,27,83,87H,6-18,20,22-24,26,28-82H2,1-5H3/b21-19-,27-25-. The van der Waals surface area contributed by atoms with Crippen molar-refractivity contribution in [2.45, 2.75) is 469 Å². The van der Waals surface area contributed by atoms with Crippen LogP contribution in [-0.4, -0.2) is 82.3 Å². The smallest absolute Gasteiger partial charge is 0.306 e. The average molecular weight is 1360 g/mol. The van der Waals surface area contributed by atoms with Gasteiger partial charge < -0.3 is 33.3 Å². The summed E-state index contributed by atoms with van der Waals surface area (Å²) in [6, 6.07) is 0. The van der Waals surface area contributed by atoms with Gasteiger partial charge in [-0.15, -0.1) is 0 Å². The Labute approximate surface area is 598 Å². The number of rotatable bonds is 82. The molecule has 0 spiro atoms. The molecule has 0 saturated heterocycles. The van der Waals surface area contributed by atoms with E-state index in [2.05, 4.69) is 38.2 Å². The van der Waals surface area contributed by atoms with Gasteiger partial charge in [-0.1, -0.05) is 423 Å². The summed E-state index contributed by atoms with van der Waals surface area (Å²) in [6.45, 7) is 4.83. The molecular formula is C87H167NO8. The van der Waals surface area contributed by atoms with Gasteiger partial charge in [0.15, 0.2) is 12.4 Å². The van der Waals surface area contributed by atoms with E-state index in [-0.39, 0.29) is 32.2 Å². The van der Waals surface area contributed by atoms with Crippen molar-refractivity contribution in [3.8, 4) is 0 Å². The van der Waals surface area contributed by atoms with Gasteiger partial charge in [0.25, 0.3) is 0 Å². The van der Waals surface area contributed by atoms with Gasteiger partial charge in [-0.25, -0.2) is 0 Å². The SMILES string of the molecule is CCCCCCC/C=C\C/C=C\CCCCCCCCCCCCCCCCCCCCCC(=O)OC(COC(=O)CCCCCCCCCCCCCCCCCCCCCCCCCCCCCCCCCCCCCCCCCC)COC(OCC[N+](C)(C)C)C(=O)[O-]. The zero-order valence-corrected chi connectivity index (χ0v) is 65.3. The van der Waals surface area contributed by atoms with Gasteiger partial charge in [0.05, 0.1) is 40.3 Å².